The van der Waals surface area contributed by atoms with Crippen molar-refractivity contribution < 1.29 is 24.6 Å². The minimum Gasteiger partial charge on any atom is -0.550 e. The topological polar surface area (TPSA) is 109 Å². The van der Waals surface area contributed by atoms with Crippen LogP contribution in [-0.4, -0.2) is 17.8 Å². The van der Waals surface area contributed by atoms with Gasteiger partial charge in [-0.2, -0.15) is 0 Å². The number of hydrogen-bond donors (Lipinski definition) is 1. The minimum atomic E-state index is -1.25. The lowest BCUT2D eigenvalue weighted by Gasteiger charge is -2.07. The maximum Gasteiger partial charge on any atom is 0.220 e. The van der Waals surface area contributed by atoms with Crippen molar-refractivity contribution in [3.63, 3.8) is 0 Å². The van der Waals surface area contributed by atoms with Crippen LogP contribution in [0.2, 0.25) is 0 Å². The van der Waals surface area contributed by atoms with Gasteiger partial charge in [0.05, 0.1) is 5.97 Å². The van der Waals surface area contributed by atoms with E-state index in [2.05, 4.69) is 5.32 Å². The van der Waals surface area contributed by atoms with E-state index in [9.17, 15) is 24.6 Å². The number of carboxylic acid groups (broad SMARTS) is 2. The van der Waals surface area contributed by atoms with Crippen molar-refractivity contribution in [3.05, 3.63) is 35.4 Å². The molecule has 1 aromatic rings. The van der Waals surface area contributed by atoms with E-state index in [4.69, 9.17) is 0 Å². The molecule has 1 aromatic carbocycles. The van der Waals surface area contributed by atoms with Crippen LogP contribution in [0.1, 0.15) is 35.2 Å². The molecule has 0 spiro atoms. The van der Waals surface area contributed by atoms with Gasteiger partial charge in [0, 0.05) is 18.9 Å². The van der Waals surface area contributed by atoms with Crippen molar-refractivity contribution in [2.24, 2.45) is 0 Å². The molecule has 0 fully saturated rings. The molecule has 0 aliphatic carbocycles. The number of aliphatic carboxylic acids is 1. The Morgan fingerprint density at radius 3 is 2.16 bits per heavy atom. The molecule has 6 nitrogen and oxygen atoms in total. The number of carbonyl (C=O) groups is 3. The van der Waals surface area contributed by atoms with Crippen LogP contribution in [0.3, 0.4) is 0 Å². The molecule has 0 aliphatic rings. The van der Waals surface area contributed by atoms with Crippen LogP contribution in [0, 0.1) is 0 Å². The van der Waals surface area contributed by atoms with Crippen LogP contribution in [0.25, 0.3) is 0 Å². The molecule has 19 heavy (non-hydrogen) atoms. The lowest BCUT2D eigenvalue weighted by Crippen LogP contribution is -2.25. The molecule has 0 radical (unpaired) electrons. The Labute approximate surface area is 110 Å². The summed E-state index contributed by atoms with van der Waals surface area (Å²) in [7, 11) is 0. The second kappa shape index (κ2) is 7.15. The number of carboxylic acids is 2. The van der Waals surface area contributed by atoms with Gasteiger partial charge < -0.3 is 25.1 Å². The maximum absolute atomic E-state index is 11.3. The molecule has 1 rings (SSSR count). The average Bonchev–Trinajstić information content (AvgIpc) is 2.36. The minimum absolute atomic E-state index is 0.0732. The van der Waals surface area contributed by atoms with Crippen molar-refractivity contribution in [2.45, 2.75) is 25.8 Å². The molecule has 102 valence electrons. The number of aromatic carboxylic acids is 1. The first-order valence-electron chi connectivity index (χ1n) is 5.76. The lowest BCUT2D eigenvalue weighted by atomic mass is 10.1. The number of benzene rings is 1. The van der Waals surface area contributed by atoms with Gasteiger partial charge in [0.1, 0.15) is 0 Å². The molecular formula is C13H13NO5-2. The molecule has 0 heterocycles. The van der Waals surface area contributed by atoms with Crippen LogP contribution >= 0.6 is 0 Å². The van der Waals surface area contributed by atoms with Crippen molar-refractivity contribution >= 4 is 17.8 Å². The second-order valence-electron chi connectivity index (χ2n) is 3.99. The lowest BCUT2D eigenvalue weighted by molar-refractivity contribution is -0.305. The summed E-state index contributed by atoms with van der Waals surface area (Å²) in [5.74, 6) is -2.69. The standard InChI is InChI=1S/C13H15NO5/c15-11(2-1-3-12(16)17)14-8-9-4-6-10(7-5-9)13(18)19/h4-7H,1-3,8H2,(H,14,15)(H,16,17)(H,18,19)/p-2. The number of amides is 1. The molecule has 0 unspecified atom stereocenters. The molecule has 0 saturated heterocycles. The third kappa shape index (κ3) is 5.67. The van der Waals surface area contributed by atoms with Gasteiger partial charge in [0.2, 0.25) is 5.91 Å². The Morgan fingerprint density at radius 1 is 1.00 bits per heavy atom. The van der Waals surface area contributed by atoms with E-state index in [1.54, 1.807) is 12.1 Å². The summed E-state index contributed by atoms with van der Waals surface area (Å²) in [6.45, 7) is 0.261. The predicted molar refractivity (Wildman–Crippen MR) is 61.5 cm³/mol. The summed E-state index contributed by atoms with van der Waals surface area (Å²) in [5, 5.41) is 23.3. The quantitative estimate of drug-likeness (QED) is 0.649. The Balaban J connectivity index is 2.33. The summed E-state index contributed by atoms with van der Waals surface area (Å²) in [6, 6.07) is 5.94. The summed E-state index contributed by atoms with van der Waals surface area (Å²) in [5.41, 5.74) is 0.822. The van der Waals surface area contributed by atoms with Gasteiger partial charge >= 0.3 is 0 Å². The first kappa shape index (κ1) is 14.7. The van der Waals surface area contributed by atoms with Crippen LogP contribution in [-0.2, 0) is 16.1 Å². The van der Waals surface area contributed by atoms with Crippen LogP contribution in [0.15, 0.2) is 24.3 Å². The van der Waals surface area contributed by atoms with E-state index in [0.29, 0.717) is 0 Å². The number of nitrogens with one attached hydrogen (secondary N) is 1. The van der Waals surface area contributed by atoms with Gasteiger partial charge in [0.25, 0.3) is 0 Å². The maximum atomic E-state index is 11.3. The van der Waals surface area contributed by atoms with E-state index in [0.717, 1.165) is 5.56 Å². The fraction of sp³-hybridized carbons (Fsp3) is 0.308. The Morgan fingerprint density at radius 2 is 1.63 bits per heavy atom. The van der Waals surface area contributed by atoms with Crippen molar-refractivity contribution in [1.29, 1.82) is 0 Å². The molecule has 0 aliphatic heterocycles. The zero-order valence-corrected chi connectivity index (χ0v) is 10.2. The molecular weight excluding hydrogens is 250 g/mol. The molecule has 0 atom stereocenters. The highest BCUT2D eigenvalue weighted by Crippen LogP contribution is 2.03. The molecule has 1 N–H and O–H groups in total. The van der Waals surface area contributed by atoms with Crippen LogP contribution < -0.4 is 15.5 Å². The molecule has 0 aromatic heterocycles. The zero-order chi connectivity index (χ0) is 14.3. The number of hydrogen-bond acceptors (Lipinski definition) is 5. The number of carbonyl (C=O) groups excluding carboxylic acids is 3. The SMILES string of the molecule is O=C([O-])CCCC(=O)NCc1ccc(C(=O)[O-])cc1. The number of rotatable bonds is 7. The van der Waals surface area contributed by atoms with E-state index >= 15 is 0 Å². The highest BCUT2D eigenvalue weighted by atomic mass is 16.4. The summed E-state index contributed by atoms with van der Waals surface area (Å²) in [4.78, 5) is 32.0. The van der Waals surface area contributed by atoms with Crippen LogP contribution in [0.5, 0.6) is 0 Å². The van der Waals surface area contributed by atoms with Crippen LogP contribution in [0.4, 0.5) is 0 Å². The fourth-order valence-electron chi connectivity index (χ4n) is 1.44. The molecule has 0 saturated carbocycles. The normalized spacial score (nSPS) is 9.89. The van der Waals surface area contributed by atoms with E-state index in [1.807, 2.05) is 0 Å². The fourth-order valence-corrected chi connectivity index (χ4v) is 1.44. The summed E-state index contributed by atoms with van der Waals surface area (Å²) in [6.07, 6.45) is 0.205. The van der Waals surface area contributed by atoms with Crippen molar-refractivity contribution in [3.8, 4) is 0 Å². The first-order chi connectivity index (χ1) is 8.99. The van der Waals surface area contributed by atoms with Gasteiger partial charge in [-0.1, -0.05) is 24.3 Å². The van der Waals surface area contributed by atoms with Gasteiger partial charge in [-0.3, -0.25) is 4.79 Å². The largest absolute Gasteiger partial charge is 0.550 e. The zero-order valence-electron chi connectivity index (χ0n) is 10.2. The Hall–Kier alpha value is -2.37. The van der Waals surface area contributed by atoms with Gasteiger partial charge in [-0.25, -0.2) is 0 Å². The van der Waals surface area contributed by atoms with E-state index in [-0.39, 0.29) is 37.3 Å². The smallest absolute Gasteiger partial charge is 0.220 e. The second-order valence-corrected chi connectivity index (χ2v) is 3.99. The third-order valence-electron chi connectivity index (χ3n) is 2.46. The molecule has 1 amide bonds. The van der Waals surface area contributed by atoms with Crippen molar-refractivity contribution in [2.75, 3.05) is 0 Å². The van der Waals surface area contributed by atoms with E-state index < -0.39 is 11.9 Å². The highest BCUT2D eigenvalue weighted by Gasteiger charge is 2.01. The van der Waals surface area contributed by atoms with E-state index in [1.165, 1.54) is 12.1 Å². The highest BCUT2D eigenvalue weighted by molar-refractivity contribution is 5.85. The van der Waals surface area contributed by atoms with Gasteiger partial charge in [-0.05, 0) is 24.0 Å². The average molecular weight is 263 g/mol. The summed E-state index contributed by atoms with van der Waals surface area (Å²) >= 11 is 0. The Kier molecular flexibility index (Phi) is 5.53. The monoisotopic (exact) mass is 263 g/mol. The third-order valence-corrected chi connectivity index (χ3v) is 2.46. The van der Waals surface area contributed by atoms with Gasteiger partial charge in [0.15, 0.2) is 0 Å². The summed E-state index contributed by atoms with van der Waals surface area (Å²) < 4.78 is 0. The predicted octanol–water partition coefficient (Wildman–Crippen LogP) is -1.41. The Bertz CT molecular complexity index is 466. The molecule has 0 bridgehead atoms. The van der Waals surface area contributed by atoms with Gasteiger partial charge in [-0.15, -0.1) is 0 Å². The first-order valence-corrected chi connectivity index (χ1v) is 5.76. The molecule has 6 heteroatoms. The van der Waals surface area contributed by atoms with Crippen molar-refractivity contribution in [1.82, 2.24) is 5.32 Å².